The Labute approximate surface area is 126 Å². The molecule has 1 aliphatic rings. The molecule has 21 heavy (non-hydrogen) atoms. The number of nitrogens with zero attached hydrogens (tertiary/aromatic N) is 2. The summed E-state index contributed by atoms with van der Waals surface area (Å²) in [6.45, 7) is 5.97. The van der Waals surface area contributed by atoms with Crippen LogP contribution in [0.25, 0.3) is 0 Å². The molecule has 0 radical (unpaired) electrons. The third-order valence-electron chi connectivity index (χ3n) is 3.51. The Morgan fingerprint density at radius 3 is 2.95 bits per heavy atom. The zero-order chi connectivity index (χ0) is 15.0. The van der Waals surface area contributed by atoms with E-state index in [-0.39, 0.29) is 5.56 Å². The fourth-order valence-electron chi connectivity index (χ4n) is 2.53. The Bertz CT molecular complexity index is 696. The number of hydrogen-bond acceptors (Lipinski definition) is 5. The maximum atomic E-state index is 11.3. The van der Waals surface area contributed by atoms with E-state index in [0.717, 1.165) is 29.5 Å². The molecule has 0 saturated heterocycles. The number of ether oxygens (including phenoxy) is 1. The van der Waals surface area contributed by atoms with Gasteiger partial charge in [-0.1, -0.05) is 6.07 Å². The lowest BCUT2D eigenvalue weighted by Crippen LogP contribution is -2.32. The standard InChI is InChI=1S/C15H16N2O3S/c1-9-13(21-10(2)16-9)8-17-6-7-20-14-11(15(18)19)4-3-5-12(14)17/h3-5H,6-8H2,1-2H3,(H,18,19). The van der Waals surface area contributed by atoms with Crippen LogP contribution in [0.5, 0.6) is 5.75 Å². The SMILES string of the molecule is Cc1nc(C)c(CN2CCOc3c(C(=O)O)cccc32)s1. The van der Waals surface area contributed by atoms with E-state index in [9.17, 15) is 9.90 Å². The number of rotatable bonds is 3. The number of anilines is 1. The van der Waals surface area contributed by atoms with Gasteiger partial charge in [0.2, 0.25) is 0 Å². The Hall–Kier alpha value is -2.08. The third-order valence-corrected chi connectivity index (χ3v) is 4.56. The normalized spacial score (nSPS) is 13.7. The highest BCUT2D eigenvalue weighted by Gasteiger charge is 2.24. The molecule has 0 saturated carbocycles. The number of thiazole rings is 1. The van der Waals surface area contributed by atoms with Crippen LogP contribution in [-0.2, 0) is 6.54 Å². The van der Waals surface area contributed by atoms with Crippen LogP contribution in [-0.4, -0.2) is 29.2 Å². The van der Waals surface area contributed by atoms with Crippen molar-refractivity contribution >= 4 is 23.0 Å². The van der Waals surface area contributed by atoms with Crippen molar-refractivity contribution in [3.63, 3.8) is 0 Å². The minimum Gasteiger partial charge on any atom is -0.489 e. The van der Waals surface area contributed by atoms with Gasteiger partial charge in [-0.3, -0.25) is 0 Å². The van der Waals surface area contributed by atoms with Crippen LogP contribution in [0.15, 0.2) is 18.2 Å². The van der Waals surface area contributed by atoms with E-state index in [0.29, 0.717) is 12.4 Å². The summed E-state index contributed by atoms with van der Waals surface area (Å²) in [6.07, 6.45) is 0. The van der Waals surface area contributed by atoms with Crippen molar-refractivity contribution in [2.45, 2.75) is 20.4 Å². The second-order valence-corrected chi connectivity index (χ2v) is 6.26. The van der Waals surface area contributed by atoms with Gasteiger partial charge >= 0.3 is 5.97 Å². The number of carboxylic acid groups (broad SMARTS) is 1. The Kier molecular flexibility index (Phi) is 3.55. The van der Waals surface area contributed by atoms with Gasteiger partial charge in [0.25, 0.3) is 0 Å². The van der Waals surface area contributed by atoms with E-state index in [4.69, 9.17) is 4.74 Å². The highest BCUT2D eigenvalue weighted by atomic mass is 32.1. The highest BCUT2D eigenvalue weighted by molar-refractivity contribution is 7.11. The molecule has 6 heteroatoms. The van der Waals surface area contributed by atoms with Gasteiger partial charge in [-0.05, 0) is 26.0 Å². The second kappa shape index (κ2) is 5.37. The number of para-hydroxylation sites is 1. The van der Waals surface area contributed by atoms with Gasteiger partial charge in [-0.2, -0.15) is 0 Å². The van der Waals surface area contributed by atoms with Crippen molar-refractivity contribution in [2.75, 3.05) is 18.1 Å². The average molecular weight is 304 g/mol. The minimum absolute atomic E-state index is 0.217. The average Bonchev–Trinajstić information content (AvgIpc) is 2.76. The highest BCUT2D eigenvalue weighted by Crippen LogP contribution is 2.36. The first-order valence-electron chi connectivity index (χ1n) is 6.73. The molecule has 0 aliphatic carbocycles. The minimum atomic E-state index is -0.960. The molecule has 3 rings (SSSR count). The van der Waals surface area contributed by atoms with E-state index < -0.39 is 5.97 Å². The monoisotopic (exact) mass is 304 g/mol. The number of hydrogen-bond donors (Lipinski definition) is 1. The molecule has 0 amide bonds. The van der Waals surface area contributed by atoms with Gasteiger partial charge in [0, 0.05) is 4.88 Å². The second-order valence-electron chi connectivity index (χ2n) is 4.97. The van der Waals surface area contributed by atoms with Crippen molar-refractivity contribution in [3.05, 3.63) is 39.3 Å². The molecule has 1 N–H and O–H groups in total. The van der Waals surface area contributed by atoms with Crippen LogP contribution < -0.4 is 9.64 Å². The summed E-state index contributed by atoms with van der Waals surface area (Å²) in [6, 6.07) is 5.24. The molecule has 1 aromatic heterocycles. The summed E-state index contributed by atoms with van der Waals surface area (Å²) in [4.78, 5) is 19.1. The van der Waals surface area contributed by atoms with Gasteiger partial charge in [-0.25, -0.2) is 9.78 Å². The quantitative estimate of drug-likeness (QED) is 0.944. The molecule has 0 bridgehead atoms. The summed E-state index contributed by atoms with van der Waals surface area (Å²) < 4.78 is 5.58. The van der Waals surface area contributed by atoms with Gasteiger partial charge in [0.05, 0.1) is 29.5 Å². The zero-order valence-corrected chi connectivity index (χ0v) is 12.7. The Morgan fingerprint density at radius 2 is 2.29 bits per heavy atom. The van der Waals surface area contributed by atoms with Gasteiger partial charge in [-0.15, -0.1) is 11.3 Å². The van der Waals surface area contributed by atoms with Gasteiger partial charge in [0.1, 0.15) is 12.2 Å². The van der Waals surface area contributed by atoms with E-state index in [1.807, 2.05) is 19.9 Å². The Balaban J connectivity index is 1.96. The molecular formula is C15H16N2O3S. The molecule has 0 spiro atoms. The molecule has 110 valence electrons. The smallest absolute Gasteiger partial charge is 0.339 e. The first-order chi connectivity index (χ1) is 10.1. The van der Waals surface area contributed by atoms with Crippen molar-refractivity contribution < 1.29 is 14.6 Å². The van der Waals surface area contributed by atoms with Crippen LogP contribution in [0.4, 0.5) is 5.69 Å². The number of aromatic carboxylic acids is 1. The molecule has 0 atom stereocenters. The maximum absolute atomic E-state index is 11.3. The fourth-order valence-corrected chi connectivity index (χ4v) is 3.48. The lowest BCUT2D eigenvalue weighted by Gasteiger charge is -2.31. The summed E-state index contributed by atoms with van der Waals surface area (Å²) >= 11 is 1.68. The lowest BCUT2D eigenvalue weighted by molar-refractivity contribution is 0.0692. The van der Waals surface area contributed by atoms with Crippen molar-refractivity contribution in [3.8, 4) is 5.75 Å². The molecule has 2 aromatic rings. The molecule has 2 heterocycles. The maximum Gasteiger partial charge on any atom is 0.339 e. The van der Waals surface area contributed by atoms with Crippen molar-refractivity contribution in [1.82, 2.24) is 4.98 Å². The Morgan fingerprint density at radius 1 is 1.48 bits per heavy atom. The molecule has 1 aliphatic heterocycles. The van der Waals surface area contributed by atoms with E-state index in [1.165, 1.54) is 4.88 Å². The summed E-state index contributed by atoms with van der Waals surface area (Å²) in [7, 11) is 0. The first-order valence-corrected chi connectivity index (χ1v) is 7.55. The molecular weight excluding hydrogens is 288 g/mol. The molecule has 1 aromatic carbocycles. The van der Waals surface area contributed by atoms with E-state index >= 15 is 0 Å². The number of carbonyl (C=O) groups is 1. The summed E-state index contributed by atoms with van der Waals surface area (Å²) in [5.74, 6) is -0.492. The number of aryl methyl sites for hydroxylation is 2. The number of carboxylic acids is 1. The number of benzene rings is 1. The topological polar surface area (TPSA) is 62.7 Å². The number of aromatic nitrogens is 1. The van der Waals surface area contributed by atoms with Crippen molar-refractivity contribution in [1.29, 1.82) is 0 Å². The summed E-state index contributed by atoms with van der Waals surface area (Å²) in [5.41, 5.74) is 2.10. The third kappa shape index (κ3) is 2.58. The van der Waals surface area contributed by atoms with Crippen LogP contribution in [0.3, 0.4) is 0 Å². The van der Waals surface area contributed by atoms with Crippen LogP contribution >= 0.6 is 11.3 Å². The first kappa shape index (κ1) is 13.9. The van der Waals surface area contributed by atoms with Crippen LogP contribution in [0.1, 0.15) is 25.9 Å². The predicted octanol–water partition coefficient (Wildman–Crippen LogP) is 2.86. The lowest BCUT2D eigenvalue weighted by atomic mass is 10.1. The van der Waals surface area contributed by atoms with Gasteiger partial charge in [0.15, 0.2) is 5.75 Å². The molecule has 0 unspecified atom stereocenters. The van der Waals surface area contributed by atoms with Gasteiger partial charge < -0.3 is 14.7 Å². The predicted molar refractivity (Wildman–Crippen MR) is 81.5 cm³/mol. The largest absolute Gasteiger partial charge is 0.489 e. The number of fused-ring (bicyclic) bond motifs is 1. The van der Waals surface area contributed by atoms with E-state index in [2.05, 4.69) is 9.88 Å². The van der Waals surface area contributed by atoms with E-state index in [1.54, 1.807) is 23.5 Å². The summed E-state index contributed by atoms with van der Waals surface area (Å²) in [5, 5.41) is 10.3. The molecule has 0 fully saturated rings. The van der Waals surface area contributed by atoms with Crippen molar-refractivity contribution in [2.24, 2.45) is 0 Å². The zero-order valence-electron chi connectivity index (χ0n) is 11.9. The fraction of sp³-hybridized carbons (Fsp3) is 0.333. The van der Waals surface area contributed by atoms with Crippen LogP contribution in [0.2, 0.25) is 0 Å². The van der Waals surface area contributed by atoms with Crippen LogP contribution in [0, 0.1) is 13.8 Å². The molecule has 5 nitrogen and oxygen atoms in total.